The number of hydrogen-bond donors (Lipinski definition) is 2. The van der Waals surface area contributed by atoms with Crippen LogP contribution in [0.4, 0.5) is 0 Å². The summed E-state index contributed by atoms with van der Waals surface area (Å²) in [6.45, 7) is 4.32. The van der Waals surface area contributed by atoms with Gasteiger partial charge in [-0.05, 0) is 55.8 Å². The van der Waals surface area contributed by atoms with Crippen LogP contribution < -0.4 is 11.5 Å². The minimum Gasteiger partial charge on any atom is -0.326 e. The molecular weight excluding hydrogens is 336 g/mol. The fourth-order valence-electron chi connectivity index (χ4n) is 3.21. The molecule has 1 atom stereocenters. The summed E-state index contributed by atoms with van der Waals surface area (Å²) in [5.41, 5.74) is 17.7. The molecule has 27 heavy (non-hydrogen) atoms. The normalized spacial score (nSPS) is 12.4. The average Bonchev–Trinajstić information content (AvgIpc) is 3.11. The van der Waals surface area contributed by atoms with E-state index < -0.39 is 0 Å². The molecule has 3 heterocycles. The van der Waals surface area contributed by atoms with Crippen molar-refractivity contribution in [2.75, 3.05) is 0 Å². The van der Waals surface area contributed by atoms with Crippen LogP contribution in [0.25, 0.3) is 28.0 Å². The number of nitrogens with two attached hydrogens (primary N) is 2. The third-order valence-corrected chi connectivity index (χ3v) is 4.62. The molecule has 0 saturated carbocycles. The summed E-state index contributed by atoms with van der Waals surface area (Å²) in [4.78, 5) is 9.31. The molecule has 0 spiro atoms. The Labute approximate surface area is 157 Å². The van der Waals surface area contributed by atoms with Crippen molar-refractivity contribution in [1.82, 2.24) is 19.7 Å². The lowest BCUT2D eigenvalue weighted by Gasteiger charge is -2.10. The second-order valence-corrected chi connectivity index (χ2v) is 6.70. The van der Waals surface area contributed by atoms with Crippen LogP contribution >= 0.6 is 0 Å². The van der Waals surface area contributed by atoms with Crippen LogP contribution in [-0.4, -0.2) is 19.7 Å². The summed E-state index contributed by atoms with van der Waals surface area (Å²) < 4.78 is 1.85. The van der Waals surface area contributed by atoms with Gasteiger partial charge in [0.25, 0.3) is 0 Å². The van der Waals surface area contributed by atoms with Gasteiger partial charge in [-0.1, -0.05) is 12.1 Å². The van der Waals surface area contributed by atoms with Crippen LogP contribution in [0.3, 0.4) is 0 Å². The minimum absolute atomic E-state index is 0.121. The van der Waals surface area contributed by atoms with Crippen molar-refractivity contribution in [3.8, 4) is 17.1 Å². The monoisotopic (exact) mass is 358 g/mol. The number of rotatable bonds is 4. The zero-order chi connectivity index (χ0) is 19.0. The Hall–Kier alpha value is -3.09. The maximum Gasteiger partial charge on any atom is 0.154 e. The molecule has 1 unspecified atom stereocenters. The third-order valence-electron chi connectivity index (χ3n) is 4.62. The number of hydrogen-bond acceptors (Lipinski definition) is 5. The second kappa shape index (κ2) is 6.90. The molecule has 0 amide bonds. The van der Waals surface area contributed by atoms with E-state index in [4.69, 9.17) is 16.5 Å². The second-order valence-electron chi connectivity index (χ2n) is 6.70. The predicted octanol–water partition coefficient (Wildman–Crippen LogP) is 3.27. The first-order valence-electron chi connectivity index (χ1n) is 8.94. The highest BCUT2D eigenvalue weighted by molar-refractivity contribution is 5.88. The van der Waals surface area contributed by atoms with Gasteiger partial charge in [-0.25, -0.2) is 9.67 Å². The number of aryl methyl sites for hydroxylation is 1. The van der Waals surface area contributed by atoms with Gasteiger partial charge in [0.1, 0.15) is 0 Å². The Kier molecular flexibility index (Phi) is 4.43. The highest BCUT2D eigenvalue weighted by atomic mass is 15.3. The standard InChI is InChI=1S/C21H22N6/c1-13-5-3-8-21(25-13)27-20-10-15(9-16(11-22)17(20)12-24-27)19-7-4-6-18(26-19)14(2)23/h3-10,12,14H,11,22-23H2,1-2H3. The summed E-state index contributed by atoms with van der Waals surface area (Å²) in [6, 6.07) is 15.8. The number of fused-ring (bicyclic) bond motifs is 1. The molecule has 0 fully saturated rings. The Morgan fingerprint density at radius 1 is 1.07 bits per heavy atom. The largest absolute Gasteiger partial charge is 0.326 e. The average molecular weight is 358 g/mol. The van der Waals surface area contributed by atoms with E-state index in [0.29, 0.717) is 6.54 Å². The van der Waals surface area contributed by atoms with E-state index in [2.05, 4.69) is 22.2 Å². The van der Waals surface area contributed by atoms with Crippen molar-refractivity contribution in [3.63, 3.8) is 0 Å². The predicted molar refractivity (Wildman–Crippen MR) is 107 cm³/mol. The van der Waals surface area contributed by atoms with Crippen molar-refractivity contribution < 1.29 is 0 Å². The molecule has 0 aliphatic heterocycles. The molecule has 6 heteroatoms. The Morgan fingerprint density at radius 2 is 1.89 bits per heavy atom. The van der Waals surface area contributed by atoms with Gasteiger partial charge in [0, 0.05) is 29.2 Å². The molecule has 0 radical (unpaired) electrons. The topological polar surface area (TPSA) is 95.6 Å². The van der Waals surface area contributed by atoms with Gasteiger partial charge >= 0.3 is 0 Å². The molecular formula is C21H22N6. The first kappa shape index (κ1) is 17.3. The zero-order valence-electron chi connectivity index (χ0n) is 15.4. The maximum atomic E-state index is 6.02. The van der Waals surface area contributed by atoms with E-state index in [9.17, 15) is 0 Å². The van der Waals surface area contributed by atoms with E-state index in [1.807, 2.05) is 61.1 Å². The lowest BCUT2D eigenvalue weighted by molar-refractivity contribution is 0.782. The molecule has 4 N–H and O–H groups in total. The Bertz CT molecular complexity index is 1110. The van der Waals surface area contributed by atoms with Crippen molar-refractivity contribution in [2.24, 2.45) is 11.5 Å². The fourth-order valence-corrected chi connectivity index (χ4v) is 3.21. The first-order chi connectivity index (χ1) is 13.1. The van der Waals surface area contributed by atoms with Crippen molar-refractivity contribution in [1.29, 1.82) is 0 Å². The van der Waals surface area contributed by atoms with Gasteiger partial charge in [-0.3, -0.25) is 4.98 Å². The molecule has 3 aromatic heterocycles. The molecule has 136 valence electrons. The van der Waals surface area contributed by atoms with Crippen LogP contribution in [0.15, 0.2) is 54.7 Å². The van der Waals surface area contributed by atoms with Crippen LogP contribution in [0, 0.1) is 6.92 Å². The van der Waals surface area contributed by atoms with Crippen LogP contribution in [-0.2, 0) is 6.54 Å². The minimum atomic E-state index is -0.121. The Morgan fingerprint density at radius 3 is 2.63 bits per heavy atom. The van der Waals surface area contributed by atoms with Crippen LogP contribution in [0.1, 0.15) is 29.9 Å². The smallest absolute Gasteiger partial charge is 0.154 e. The van der Waals surface area contributed by atoms with E-state index >= 15 is 0 Å². The Balaban J connectivity index is 1.93. The number of benzene rings is 1. The van der Waals surface area contributed by atoms with Gasteiger partial charge in [0.05, 0.1) is 23.1 Å². The maximum absolute atomic E-state index is 6.02. The summed E-state index contributed by atoms with van der Waals surface area (Å²) in [6.07, 6.45) is 1.84. The van der Waals surface area contributed by atoms with Gasteiger partial charge in [0.2, 0.25) is 0 Å². The number of nitrogens with zero attached hydrogens (tertiary/aromatic N) is 4. The van der Waals surface area contributed by atoms with Gasteiger partial charge in [-0.2, -0.15) is 5.10 Å². The summed E-state index contributed by atoms with van der Waals surface area (Å²) in [5, 5.41) is 5.58. The first-order valence-corrected chi connectivity index (χ1v) is 8.94. The number of pyridine rings is 2. The molecule has 4 aromatic rings. The molecule has 1 aromatic carbocycles. The van der Waals surface area contributed by atoms with Crippen molar-refractivity contribution in [2.45, 2.75) is 26.4 Å². The lowest BCUT2D eigenvalue weighted by atomic mass is 10.0. The summed E-state index contributed by atoms with van der Waals surface area (Å²) in [5.74, 6) is 0.780. The molecule has 0 aliphatic carbocycles. The highest BCUT2D eigenvalue weighted by Crippen LogP contribution is 2.28. The summed E-state index contributed by atoms with van der Waals surface area (Å²) in [7, 11) is 0. The van der Waals surface area contributed by atoms with E-state index in [1.165, 1.54) is 0 Å². The van der Waals surface area contributed by atoms with Crippen LogP contribution in [0.5, 0.6) is 0 Å². The van der Waals surface area contributed by atoms with E-state index in [1.54, 1.807) is 0 Å². The fraction of sp³-hybridized carbons (Fsp3) is 0.190. The van der Waals surface area contributed by atoms with Crippen LogP contribution in [0.2, 0.25) is 0 Å². The lowest BCUT2D eigenvalue weighted by Crippen LogP contribution is -2.07. The number of aromatic nitrogens is 4. The van der Waals surface area contributed by atoms with Crippen molar-refractivity contribution >= 4 is 10.9 Å². The van der Waals surface area contributed by atoms with E-state index in [-0.39, 0.29) is 6.04 Å². The summed E-state index contributed by atoms with van der Waals surface area (Å²) >= 11 is 0. The molecule has 4 rings (SSSR count). The van der Waals surface area contributed by atoms with Gasteiger partial charge in [-0.15, -0.1) is 0 Å². The van der Waals surface area contributed by atoms with Gasteiger partial charge < -0.3 is 11.5 Å². The van der Waals surface area contributed by atoms with Gasteiger partial charge in [0.15, 0.2) is 5.82 Å². The van der Waals surface area contributed by atoms with Crippen molar-refractivity contribution in [3.05, 3.63) is 71.7 Å². The molecule has 0 saturated heterocycles. The zero-order valence-corrected chi connectivity index (χ0v) is 15.4. The van der Waals surface area contributed by atoms with E-state index in [0.717, 1.165) is 44.9 Å². The molecule has 0 bridgehead atoms. The highest BCUT2D eigenvalue weighted by Gasteiger charge is 2.13. The third kappa shape index (κ3) is 3.20. The molecule has 0 aliphatic rings. The molecule has 6 nitrogen and oxygen atoms in total. The quantitative estimate of drug-likeness (QED) is 0.584. The SMILES string of the molecule is Cc1cccc(-n2ncc3c(CN)cc(-c4cccc(C(C)N)n4)cc32)n1.